The number of thiazole rings is 1. The van der Waals surface area contributed by atoms with Crippen LogP contribution in [0.25, 0.3) is 0 Å². The number of rotatable bonds is 5. The van der Waals surface area contributed by atoms with Crippen molar-refractivity contribution in [3.8, 4) is 5.75 Å². The number of benzene rings is 1. The molecular formula is C14H13NO4S. The van der Waals surface area contributed by atoms with Crippen LogP contribution < -0.4 is 4.74 Å². The van der Waals surface area contributed by atoms with Crippen LogP contribution in [0.5, 0.6) is 5.75 Å². The topological polar surface area (TPSA) is 76.5 Å². The van der Waals surface area contributed by atoms with Crippen molar-refractivity contribution >= 4 is 23.1 Å². The summed E-state index contributed by atoms with van der Waals surface area (Å²) in [6, 6.07) is 5.61. The number of ketones is 1. The largest absolute Gasteiger partial charge is 0.485 e. The van der Waals surface area contributed by atoms with E-state index in [1.165, 1.54) is 5.38 Å². The molecule has 20 heavy (non-hydrogen) atoms. The lowest BCUT2D eigenvalue weighted by Crippen LogP contribution is -2.12. The summed E-state index contributed by atoms with van der Waals surface area (Å²) < 4.78 is 5.47. The highest BCUT2D eigenvalue weighted by molar-refractivity contribution is 7.12. The molecule has 1 N–H and O–H groups in total. The first kappa shape index (κ1) is 14.2. The van der Waals surface area contributed by atoms with E-state index in [-0.39, 0.29) is 23.1 Å². The van der Waals surface area contributed by atoms with Gasteiger partial charge < -0.3 is 9.84 Å². The normalized spacial score (nSPS) is 10.3. The number of Topliss-reactive ketones (excluding diaryl/α,β-unsaturated/α-hetero) is 1. The van der Waals surface area contributed by atoms with Gasteiger partial charge in [-0.15, -0.1) is 11.3 Å². The molecule has 0 spiro atoms. The molecule has 0 aliphatic carbocycles. The van der Waals surface area contributed by atoms with Crippen molar-refractivity contribution in [2.45, 2.75) is 13.8 Å². The van der Waals surface area contributed by atoms with Gasteiger partial charge in [-0.3, -0.25) is 4.79 Å². The minimum atomic E-state index is -1.14. The SMILES string of the molecule is Cc1cccc(OCC(=O)c2nc(C(=O)O)cs2)c1C. The van der Waals surface area contributed by atoms with Gasteiger partial charge in [0.25, 0.3) is 0 Å². The number of nitrogens with zero attached hydrogens (tertiary/aromatic N) is 1. The average molecular weight is 291 g/mol. The van der Waals surface area contributed by atoms with Gasteiger partial charge in [0.1, 0.15) is 5.75 Å². The van der Waals surface area contributed by atoms with Gasteiger partial charge in [-0.1, -0.05) is 12.1 Å². The highest BCUT2D eigenvalue weighted by Gasteiger charge is 2.15. The van der Waals surface area contributed by atoms with Crippen molar-refractivity contribution in [1.29, 1.82) is 0 Å². The third-order valence-corrected chi connectivity index (χ3v) is 3.76. The molecule has 0 fully saturated rings. The molecule has 0 unspecified atom stereocenters. The smallest absolute Gasteiger partial charge is 0.355 e. The first-order valence-corrected chi connectivity index (χ1v) is 6.78. The Labute approximate surface area is 119 Å². The lowest BCUT2D eigenvalue weighted by atomic mass is 10.1. The molecular weight excluding hydrogens is 278 g/mol. The second kappa shape index (κ2) is 5.83. The van der Waals surface area contributed by atoms with Crippen LogP contribution in [-0.2, 0) is 0 Å². The van der Waals surface area contributed by atoms with Crippen LogP contribution in [-0.4, -0.2) is 28.4 Å². The summed E-state index contributed by atoms with van der Waals surface area (Å²) in [5.74, 6) is -0.826. The van der Waals surface area contributed by atoms with E-state index in [2.05, 4.69) is 4.98 Å². The van der Waals surface area contributed by atoms with Crippen LogP contribution in [0.3, 0.4) is 0 Å². The predicted molar refractivity (Wildman–Crippen MR) is 74.8 cm³/mol. The van der Waals surface area contributed by atoms with Gasteiger partial charge in [-0.2, -0.15) is 0 Å². The van der Waals surface area contributed by atoms with Gasteiger partial charge in [0.15, 0.2) is 17.3 Å². The minimum Gasteiger partial charge on any atom is -0.485 e. The molecule has 2 rings (SSSR count). The van der Waals surface area contributed by atoms with Gasteiger partial charge in [0.2, 0.25) is 5.78 Å². The van der Waals surface area contributed by atoms with E-state index in [0.717, 1.165) is 22.5 Å². The fourth-order valence-corrected chi connectivity index (χ4v) is 2.30. The van der Waals surface area contributed by atoms with Crippen LogP contribution in [0.1, 0.15) is 31.4 Å². The number of carboxylic acids is 1. The molecule has 1 aromatic heterocycles. The van der Waals surface area contributed by atoms with Crippen LogP contribution in [0.2, 0.25) is 0 Å². The van der Waals surface area contributed by atoms with Gasteiger partial charge in [-0.05, 0) is 31.0 Å². The van der Waals surface area contributed by atoms with E-state index in [4.69, 9.17) is 9.84 Å². The monoisotopic (exact) mass is 291 g/mol. The molecule has 0 amide bonds. The number of carbonyl (C=O) groups excluding carboxylic acids is 1. The molecule has 2 aromatic rings. The summed E-state index contributed by atoms with van der Waals surface area (Å²) in [4.78, 5) is 26.3. The summed E-state index contributed by atoms with van der Waals surface area (Å²) in [5, 5.41) is 10.2. The molecule has 0 aliphatic heterocycles. The molecule has 0 radical (unpaired) electrons. The van der Waals surface area contributed by atoms with Crippen molar-refractivity contribution in [2.24, 2.45) is 0 Å². The molecule has 104 valence electrons. The standard InChI is InChI=1S/C14H13NO4S/c1-8-4-3-5-12(9(8)2)19-6-11(16)13-15-10(7-20-13)14(17)18/h3-5,7H,6H2,1-2H3,(H,17,18). The molecule has 0 aliphatic rings. The molecule has 6 heteroatoms. The van der Waals surface area contributed by atoms with Crippen molar-refractivity contribution in [3.05, 3.63) is 45.4 Å². The van der Waals surface area contributed by atoms with E-state index in [1.54, 1.807) is 6.07 Å². The Hall–Kier alpha value is -2.21. The van der Waals surface area contributed by atoms with Gasteiger partial charge in [-0.25, -0.2) is 9.78 Å². The Morgan fingerprint density at radius 2 is 2.10 bits per heavy atom. The molecule has 1 heterocycles. The van der Waals surface area contributed by atoms with E-state index >= 15 is 0 Å². The Kier molecular flexibility index (Phi) is 4.14. The Balaban J connectivity index is 2.04. The molecule has 0 saturated carbocycles. The number of carbonyl (C=O) groups is 2. The first-order valence-electron chi connectivity index (χ1n) is 5.90. The van der Waals surface area contributed by atoms with E-state index in [1.807, 2.05) is 26.0 Å². The first-order chi connectivity index (χ1) is 9.49. The second-order valence-electron chi connectivity index (χ2n) is 4.25. The second-order valence-corrected chi connectivity index (χ2v) is 5.11. The Bertz CT molecular complexity index is 663. The van der Waals surface area contributed by atoms with Crippen molar-refractivity contribution < 1.29 is 19.4 Å². The predicted octanol–water partition coefficient (Wildman–Crippen LogP) is 2.72. The molecule has 1 aromatic carbocycles. The number of carboxylic acid groups (broad SMARTS) is 1. The third kappa shape index (κ3) is 3.03. The number of ether oxygens (including phenoxy) is 1. The van der Waals surface area contributed by atoms with Crippen molar-refractivity contribution in [1.82, 2.24) is 4.98 Å². The molecule has 0 bridgehead atoms. The lowest BCUT2D eigenvalue weighted by Gasteiger charge is -2.09. The number of aryl methyl sites for hydroxylation is 1. The van der Waals surface area contributed by atoms with Crippen LogP contribution in [0.4, 0.5) is 0 Å². The highest BCUT2D eigenvalue weighted by Crippen LogP contribution is 2.21. The summed E-state index contributed by atoms with van der Waals surface area (Å²) in [5.41, 5.74) is 1.94. The summed E-state index contributed by atoms with van der Waals surface area (Å²) in [7, 11) is 0. The van der Waals surface area contributed by atoms with Crippen LogP contribution >= 0.6 is 11.3 Å². The zero-order valence-electron chi connectivity index (χ0n) is 11.0. The van der Waals surface area contributed by atoms with Gasteiger partial charge in [0.05, 0.1) is 0 Å². The number of hydrogen-bond acceptors (Lipinski definition) is 5. The number of hydrogen-bond donors (Lipinski definition) is 1. The summed E-state index contributed by atoms with van der Waals surface area (Å²) >= 11 is 1.01. The molecule has 5 nitrogen and oxygen atoms in total. The molecule has 0 saturated heterocycles. The number of aromatic nitrogens is 1. The van der Waals surface area contributed by atoms with Crippen LogP contribution in [0, 0.1) is 13.8 Å². The third-order valence-electron chi connectivity index (χ3n) is 2.88. The fourth-order valence-electron chi connectivity index (χ4n) is 1.59. The minimum absolute atomic E-state index is 0.120. The fraction of sp³-hybridized carbons (Fsp3) is 0.214. The maximum Gasteiger partial charge on any atom is 0.355 e. The number of aromatic carboxylic acids is 1. The van der Waals surface area contributed by atoms with Crippen LogP contribution in [0.15, 0.2) is 23.6 Å². The highest BCUT2D eigenvalue weighted by atomic mass is 32.1. The Morgan fingerprint density at radius 3 is 2.75 bits per heavy atom. The van der Waals surface area contributed by atoms with E-state index < -0.39 is 5.97 Å². The zero-order chi connectivity index (χ0) is 14.7. The van der Waals surface area contributed by atoms with Crippen molar-refractivity contribution in [3.63, 3.8) is 0 Å². The summed E-state index contributed by atoms with van der Waals surface area (Å²) in [6.45, 7) is 3.72. The average Bonchev–Trinajstić information content (AvgIpc) is 2.90. The van der Waals surface area contributed by atoms with Gasteiger partial charge in [0, 0.05) is 5.38 Å². The van der Waals surface area contributed by atoms with E-state index in [9.17, 15) is 9.59 Å². The Morgan fingerprint density at radius 1 is 1.35 bits per heavy atom. The van der Waals surface area contributed by atoms with Crippen molar-refractivity contribution in [2.75, 3.05) is 6.61 Å². The quantitative estimate of drug-likeness (QED) is 0.857. The van der Waals surface area contributed by atoms with E-state index in [0.29, 0.717) is 5.75 Å². The molecule has 0 atom stereocenters. The summed E-state index contributed by atoms with van der Waals surface area (Å²) in [6.07, 6.45) is 0. The zero-order valence-corrected chi connectivity index (χ0v) is 11.9. The lowest BCUT2D eigenvalue weighted by molar-refractivity contribution is 0.0691. The maximum absolute atomic E-state index is 11.9. The maximum atomic E-state index is 11.9. The van der Waals surface area contributed by atoms with Gasteiger partial charge >= 0.3 is 5.97 Å².